The van der Waals surface area contributed by atoms with Gasteiger partial charge < -0.3 is 10.2 Å². The van der Waals surface area contributed by atoms with Crippen molar-refractivity contribution in [3.8, 4) is 0 Å². The highest BCUT2D eigenvalue weighted by Gasteiger charge is 2.21. The highest BCUT2D eigenvalue weighted by atomic mass is 16.1. The van der Waals surface area contributed by atoms with Crippen LogP contribution >= 0.6 is 0 Å². The van der Waals surface area contributed by atoms with E-state index in [9.17, 15) is 4.79 Å². The minimum atomic E-state index is 0.347. The number of rotatable bonds is 3. The van der Waals surface area contributed by atoms with Gasteiger partial charge in [0.15, 0.2) is 0 Å². The second-order valence-corrected chi connectivity index (χ2v) is 3.18. The van der Waals surface area contributed by atoms with Gasteiger partial charge in [0.25, 0.3) is 0 Å². The van der Waals surface area contributed by atoms with E-state index in [1.54, 1.807) is 0 Å². The molecule has 3 nitrogen and oxygen atoms in total. The number of likely N-dealkylation sites (N-methyl/N-ethyl adjacent to an activating group) is 1. The molecule has 1 fully saturated rings. The molecule has 64 valence electrons. The first-order valence-electron chi connectivity index (χ1n) is 4.16. The van der Waals surface area contributed by atoms with Gasteiger partial charge in [-0.25, -0.2) is 0 Å². The Kier molecular flexibility index (Phi) is 3.02. The fourth-order valence-corrected chi connectivity index (χ4v) is 1.31. The fourth-order valence-electron chi connectivity index (χ4n) is 1.31. The van der Waals surface area contributed by atoms with Gasteiger partial charge in [-0.15, -0.1) is 0 Å². The molecule has 0 aliphatic carbocycles. The van der Waals surface area contributed by atoms with E-state index in [4.69, 9.17) is 0 Å². The van der Waals surface area contributed by atoms with Crippen LogP contribution in [0.2, 0.25) is 0 Å². The SMILES string of the molecule is CCN(C)CC1CC(=O)CN1. The first kappa shape index (κ1) is 8.68. The van der Waals surface area contributed by atoms with Crippen molar-refractivity contribution in [3.05, 3.63) is 0 Å². The van der Waals surface area contributed by atoms with Crippen LogP contribution in [0.25, 0.3) is 0 Å². The van der Waals surface area contributed by atoms with Crippen LogP contribution in [-0.4, -0.2) is 43.4 Å². The van der Waals surface area contributed by atoms with Gasteiger partial charge in [0, 0.05) is 19.0 Å². The van der Waals surface area contributed by atoms with Gasteiger partial charge in [-0.2, -0.15) is 0 Å². The second kappa shape index (κ2) is 3.83. The van der Waals surface area contributed by atoms with Crippen LogP contribution in [0.15, 0.2) is 0 Å². The lowest BCUT2D eigenvalue weighted by Gasteiger charge is -2.18. The second-order valence-electron chi connectivity index (χ2n) is 3.18. The topological polar surface area (TPSA) is 32.3 Å². The summed E-state index contributed by atoms with van der Waals surface area (Å²) >= 11 is 0. The fraction of sp³-hybridized carbons (Fsp3) is 0.875. The summed E-state index contributed by atoms with van der Waals surface area (Å²) in [6.45, 7) is 4.73. The first-order chi connectivity index (χ1) is 5.22. The van der Waals surface area contributed by atoms with Gasteiger partial charge in [-0.3, -0.25) is 4.79 Å². The molecule has 1 N–H and O–H groups in total. The molecule has 0 amide bonds. The zero-order valence-corrected chi connectivity index (χ0v) is 7.26. The first-order valence-corrected chi connectivity index (χ1v) is 4.16. The monoisotopic (exact) mass is 156 g/mol. The number of hydrogen-bond acceptors (Lipinski definition) is 3. The van der Waals surface area contributed by atoms with Gasteiger partial charge in [0.2, 0.25) is 0 Å². The molecule has 0 spiro atoms. The highest BCUT2D eigenvalue weighted by molar-refractivity contribution is 5.83. The van der Waals surface area contributed by atoms with Crippen LogP contribution in [-0.2, 0) is 4.79 Å². The van der Waals surface area contributed by atoms with Crippen molar-refractivity contribution in [2.45, 2.75) is 19.4 Å². The summed E-state index contributed by atoms with van der Waals surface area (Å²) in [4.78, 5) is 13.1. The number of nitrogens with zero attached hydrogens (tertiary/aromatic N) is 1. The summed E-state index contributed by atoms with van der Waals surface area (Å²) in [6, 6.07) is 0.396. The van der Waals surface area contributed by atoms with Crippen LogP contribution in [0.1, 0.15) is 13.3 Å². The molecule has 0 bridgehead atoms. The third-order valence-electron chi connectivity index (χ3n) is 2.13. The predicted molar refractivity (Wildman–Crippen MR) is 44.6 cm³/mol. The third-order valence-corrected chi connectivity index (χ3v) is 2.13. The number of carbonyl (C=O) groups is 1. The van der Waals surface area contributed by atoms with E-state index >= 15 is 0 Å². The Morgan fingerprint density at radius 1 is 1.73 bits per heavy atom. The smallest absolute Gasteiger partial charge is 0.148 e. The summed E-state index contributed by atoms with van der Waals surface area (Å²) in [5.41, 5.74) is 0. The number of nitrogens with one attached hydrogen (secondary N) is 1. The van der Waals surface area contributed by atoms with Crippen molar-refractivity contribution in [1.29, 1.82) is 0 Å². The number of hydrogen-bond donors (Lipinski definition) is 1. The molecule has 0 aromatic heterocycles. The van der Waals surface area contributed by atoms with Gasteiger partial charge in [-0.05, 0) is 13.6 Å². The summed E-state index contributed by atoms with van der Waals surface area (Å²) < 4.78 is 0. The van der Waals surface area contributed by atoms with Crippen LogP contribution in [0.5, 0.6) is 0 Å². The molecular weight excluding hydrogens is 140 g/mol. The van der Waals surface area contributed by atoms with Gasteiger partial charge in [0.1, 0.15) is 5.78 Å². The average Bonchev–Trinajstić information content (AvgIpc) is 2.35. The Labute approximate surface area is 67.8 Å². The van der Waals surface area contributed by atoms with E-state index < -0.39 is 0 Å². The minimum absolute atomic E-state index is 0.347. The Morgan fingerprint density at radius 2 is 2.45 bits per heavy atom. The number of carbonyl (C=O) groups excluding carboxylic acids is 1. The predicted octanol–water partition coefficient (Wildman–Crippen LogP) is -0.131. The van der Waals surface area contributed by atoms with Crippen molar-refractivity contribution in [2.75, 3.05) is 26.7 Å². The van der Waals surface area contributed by atoms with E-state index in [1.165, 1.54) is 0 Å². The lowest BCUT2D eigenvalue weighted by molar-refractivity contribution is -0.116. The lowest BCUT2D eigenvalue weighted by Crippen LogP contribution is -2.35. The molecule has 1 aliphatic rings. The highest BCUT2D eigenvalue weighted by Crippen LogP contribution is 2.02. The molecule has 1 heterocycles. The summed E-state index contributed by atoms with van der Waals surface area (Å²) in [7, 11) is 2.07. The van der Waals surface area contributed by atoms with Crippen molar-refractivity contribution < 1.29 is 4.79 Å². The number of Topliss-reactive ketones (excluding diaryl/α,β-unsaturated/α-hetero) is 1. The average molecular weight is 156 g/mol. The summed E-state index contributed by atoms with van der Waals surface area (Å²) in [5.74, 6) is 0.347. The maximum Gasteiger partial charge on any atom is 0.148 e. The van der Waals surface area contributed by atoms with Crippen LogP contribution in [0, 0.1) is 0 Å². The molecule has 1 saturated heterocycles. The minimum Gasteiger partial charge on any atom is -0.305 e. The summed E-state index contributed by atoms with van der Waals surface area (Å²) in [5, 5.41) is 3.18. The number of ketones is 1. The Morgan fingerprint density at radius 3 is 2.91 bits per heavy atom. The van der Waals surface area contributed by atoms with Gasteiger partial charge in [-0.1, -0.05) is 6.92 Å². The zero-order valence-electron chi connectivity index (χ0n) is 7.26. The van der Waals surface area contributed by atoms with Gasteiger partial charge >= 0.3 is 0 Å². The van der Waals surface area contributed by atoms with Crippen LogP contribution < -0.4 is 5.32 Å². The Hall–Kier alpha value is -0.410. The molecule has 0 radical (unpaired) electrons. The van der Waals surface area contributed by atoms with Gasteiger partial charge in [0.05, 0.1) is 6.54 Å². The van der Waals surface area contributed by atoms with Crippen molar-refractivity contribution in [2.24, 2.45) is 0 Å². The van der Waals surface area contributed by atoms with Crippen molar-refractivity contribution in [3.63, 3.8) is 0 Å². The van der Waals surface area contributed by atoms with Crippen LogP contribution in [0.3, 0.4) is 0 Å². The van der Waals surface area contributed by atoms with E-state index in [-0.39, 0.29) is 0 Å². The van der Waals surface area contributed by atoms with Crippen molar-refractivity contribution >= 4 is 5.78 Å². The molecular formula is C8H16N2O. The maximum absolute atomic E-state index is 10.8. The standard InChI is InChI=1S/C8H16N2O/c1-3-10(2)6-7-4-8(11)5-9-7/h7,9H,3-6H2,1-2H3. The zero-order chi connectivity index (χ0) is 8.27. The third kappa shape index (κ3) is 2.60. The maximum atomic E-state index is 10.8. The molecule has 1 atom stereocenters. The molecule has 0 aromatic rings. The molecule has 1 aliphatic heterocycles. The molecule has 3 heteroatoms. The van der Waals surface area contributed by atoms with E-state index in [0.717, 1.165) is 13.1 Å². The molecule has 11 heavy (non-hydrogen) atoms. The Balaban J connectivity index is 2.22. The van der Waals surface area contributed by atoms with E-state index in [1.807, 2.05) is 0 Å². The van der Waals surface area contributed by atoms with Crippen LogP contribution in [0.4, 0.5) is 0 Å². The molecule has 0 aromatic carbocycles. The molecule has 0 saturated carbocycles. The van der Waals surface area contributed by atoms with E-state index in [2.05, 4.69) is 24.2 Å². The Bertz CT molecular complexity index is 147. The quantitative estimate of drug-likeness (QED) is 0.617. The largest absolute Gasteiger partial charge is 0.305 e. The lowest BCUT2D eigenvalue weighted by atomic mass is 10.2. The van der Waals surface area contributed by atoms with Crippen molar-refractivity contribution in [1.82, 2.24) is 10.2 Å². The summed E-state index contributed by atoms with van der Waals surface area (Å²) in [6.07, 6.45) is 0.713. The normalized spacial score (nSPS) is 25.0. The molecule has 1 rings (SSSR count). The molecule has 1 unspecified atom stereocenters. The van der Waals surface area contributed by atoms with E-state index in [0.29, 0.717) is 24.8 Å².